The molecule has 2 N–H and O–H groups in total. The molecular weight excluding hydrogens is 178 g/mol. The summed E-state index contributed by atoms with van der Waals surface area (Å²) in [7, 11) is 0. The monoisotopic (exact) mass is 193 g/mol. The fourth-order valence-electron chi connectivity index (χ4n) is 1.65. The maximum Gasteiger partial charge on any atom is 0.0334 e. The predicted octanol–water partition coefficient (Wildman–Crippen LogP) is 2.82. The van der Waals surface area contributed by atoms with Crippen LogP contribution in [0.1, 0.15) is 24.4 Å². The van der Waals surface area contributed by atoms with Gasteiger partial charge >= 0.3 is 0 Å². The molecule has 1 aliphatic rings. The molecule has 2 rings (SSSR count). The van der Waals surface area contributed by atoms with Crippen molar-refractivity contribution in [3.8, 4) is 0 Å². The normalized spacial score (nSPS) is 18.6. The number of rotatable bonds is 3. The summed E-state index contributed by atoms with van der Waals surface area (Å²) in [6.45, 7) is 0. The highest BCUT2D eigenvalue weighted by Crippen LogP contribution is 2.41. The summed E-state index contributed by atoms with van der Waals surface area (Å²) in [6.07, 6.45) is 4.73. The van der Waals surface area contributed by atoms with Crippen molar-refractivity contribution in [2.75, 3.05) is 6.26 Å². The first-order chi connectivity index (χ1) is 6.33. The minimum atomic E-state index is 0.267. The molecule has 1 fully saturated rings. The Labute approximate surface area is 83.7 Å². The number of benzene rings is 1. The van der Waals surface area contributed by atoms with E-state index >= 15 is 0 Å². The second kappa shape index (κ2) is 3.72. The molecule has 0 heterocycles. The fraction of sp³-hybridized carbons (Fsp3) is 0.455. The van der Waals surface area contributed by atoms with Crippen LogP contribution in [-0.4, -0.2) is 6.26 Å². The van der Waals surface area contributed by atoms with E-state index in [1.807, 2.05) is 0 Å². The Hall–Kier alpha value is -0.470. The van der Waals surface area contributed by atoms with Gasteiger partial charge in [0.15, 0.2) is 0 Å². The molecule has 1 aromatic rings. The summed E-state index contributed by atoms with van der Waals surface area (Å²) < 4.78 is 0. The van der Waals surface area contributed by atoms with Crippen molar-refractivity contribution < 1.29 is 0 Å². The molecule has 13 heavy (non-hydrogen) atoms. The zero-order valence-electron chi connectivity index (χ0n) is 7.86. The predicted molar refractivity (Wildman–Crippen MR) is 57.9 cm³/mol. The Balaban J connectivity index is 2.26. The van der Waals surface area contributed by atoms with E-state index < -0.39 is 0 Å². The highest BCUT2D eigenvalue weighted by atomic mass is 32.2. The molecule has 0 bridgehead atoms. The molecule has 1 atom stereocenters. The number of thioether (sulfide) groups is 1. The molecule has 1 saturated carbocycles. The lowest BCUT2D eigenvalue weighted by Crippen LogP contribution is -2.13. The van der Waals surface area contributed by atoms with Crippen LogP contribution in [0.4, 0.5) is 0 Å². The van der Waals surface area contributed by atoms with Crippen LogP contribution in [0.5, 0.6) is 0 Å². The van der Waals surface area contributed by atoms with Crippen molar-refractivity contribution >= 4 is 11.8 Å². The average molecular weight is 193 g/mol. The van der Waals surface area contributed by atoms with E-state index in [1.165, 1.54) is 23.3 Å². The van der Waals surface area contributed by atoms with Gasteiger partial charge in [0, 0.05) is 10.9 Å². The van der Waals surface area contributed by atoms with Gasteiger partial charge in [-0.25, -0.2) is 0 Å². The molecule has 0 amide bonds. The van der Waals surface area contributed by atoms with Gasteiger partial charge in [0.2, 0.25) is 0 Å². The summed E-state index contributed by atoms with van der Waals surface area (Å²) >= 11 is 1.79. The quantitative estimate of drug-likeness (QED) is 0.747. The van der Waals surface area contributed by atoms with Crippen LogP contribution in [0, 0.1) is 5.92 Å². The van der Waals surface area contributed by atoms with Crippen LogP contribution in [-0.2, 0) is 0 Å². The zero-order valence-corrected chi connectivity index (χ0v) is 8.68. The summed E-state index contributed by atoms with van der Waals surface area (Å²) in [5, 5.41) is 0. The van der Waals surface area contributed by atoms with Crippen molar-refractivity contribution in [2.24, 2.45) is 11.7 Å². The summed E-state index contributed by atoms with van der Waals surface area (Å²) in [5.74, 6) is 0.744. The van der Waals surface area contributed by atoms with Gasteiger partial charge in [0.25, 0.3) is 0 Å². The van der Waals surface area contributed by atoms with Gasteiger partial charge in [-0.1, -0.05) is 18.2 Å². The molecule has 0 aliphatic heterocycles. The molecule has 0 unspecified atom stereocenters. The standard InChI is InChI=1S/C11H15NS/c1-13-10-5-3-2-4-9(10)11(12)8-6-7-8/h2-5,8,11H,6-7,12H2,1H3/t11-/m0/s1. The van der Waals surface area contributed by atoms with Crippen molar-refractivity contribution in [3.63, 3.8) is 0 Å². The second-order valence-corrected chi connectivity index (χ2v) is 4.45. The molecular formula is C11H15NS. The van der Waals surface area contributed by atoms with E-state index in [1.54, 1.807) is 11.8 Å². The van der Waals surface area contributed by atoms with Crippen molar-refractivity contribution in [1.29, 1.82) is 0 Å². The van der Waals surface area contributed by atoms with Crippen molar-refractivity contribution in [3.05, 3.63) is 29.8 Å². The van der Waals surface area contributed by atoms with E-state index in [2.05, 4.69) is 30.5 Å². The van der Waals surface area contributed by atoms with Gasteiger partial charge in [0.1, 0.15) is 0 Å². The van der Waals surface area contributed by atoms with Gasteiger partial charge in [-0.3, -0.25) is 0 Å². The van der Waals surface area contributed by atoms with Gasteiger partial charge in [-0.15, -0.1) is 11.8 Å². The number of hydrogen-bond donors (Lipinski definition) is 1. The Morgan fingerprint density at radius 1 is 1.38 bits per heavy atom. The summed E-state index contributed by atoms with van der Waals surface area (Å²) in [4.78, 5) is 1.34. The van der Waals surface area contributed by atoms with Crippen LogP contribution >= 0.6 is 11.8 Å². The molecule has 0 aromatic heterocycles. The molecule has 2 heteroatoms. The van der Waals surface area contributed by atoms with E-state index in [0.29, 0.717) is 0 Å². The fourth-order valence-corrected chi connectivity index (χ4v) is 2.31. The van der Waals surface area contributed by atoms with Gasteiger partial charge in [-0.05, 0) is 36.6 Å². The molecule has 1 aliphatic carbocycles. The van der Waals surface area contributed by atoms with E-state index in [4.69, 9.17) is 5.73 Å². The first-order valence-corrected chi connectivity index (χ1v) is 5.94. The minimum Gasteiger partial charge on any atom is -0.324 e. The van der Waals surface area contributed by atoms with E-state index in [-0.39, 0.29) is 6.04 Å². The highest BCUT2D eigenvalue weighted by Gasteiger charge is 2.30. The van der Waals surface area contributed by atoms with Crippen molar-refractivity contribution in [2.45, 2.75) is 23.8 Å². The third-order valence-corrected chi connectivity index (χ3v) is 3.44. The SMILES string of the molecule is CSc1ccccc1[C@@H](N)C1CC1. The smallest absolute Gasteiger partial charge is 0.0334 e. The third-order valence-electron chi connectivity index (χ3n) is 2.63. The Morgan fingerprint density at radius 2 is 2.08 bits per heavy atom. The summed E-state index contributed by atoms with van der Waals surface area (Å²) in [5.41, 5.74) is 7.49. The number of nitrogens with two attached hydrogens (primary N) is 1. The Kier molecular flexibility index (Phi) is 2.61. The van der Waals surface area contributed by atoms with E-state index in [0.717, 1.165) is 5.92 Å². The highest BCUT2D eigenvalue weighted by molar-refractivity contribution is 7.98. The largest absolute Gasteiger partial charge is 0.324 e. The topological polar surface area (TPSA) is 26.0 Å². The summed E-state index contributed by atoms with van der Waals surface area (Å²) in [6, 6.07) is 8.74. The lowest BCUT2D eigenvalue weighted by Gasteiger charge is -2.14. The Morgan fingerprint density at radius 3 is 2.69 bits per heavy atom. The molecule has 1 aromatic carbocycles. The lowest BCUT2D eigenvalue weighted by atomic mass is 10.0. The maximum atomic E-state index is 6.16. The second-order valence-electron chi connectivity index (χ2n) is 3.61. The Bertz CT molecular complexity index is 294. The number of hydrogen-bond acceptors (Lipinski definition) is 2. The molecule has 0 spiro atoms. The van der Waals surface area contributed by atoms with Crippen LogP contribution < -0.4 is 5.73 Å². The van der Waals surface area contributed by atoms with Crippen LogP contribution in [0.15, 0.2) is 29.2 Å². The van der Waals surface area contributed by atoms with Crippen LogP contribution in [0.25, 0.3) is 0 Å². The maximum absolute atomic E-state index is 6.16. The van der Waals surface area contributed by atoms with Gasteiger partial charge in [-0.2, -0.15) is 0 Å². The molecule has 70 valence electrons. The lowest BCUT2D eigenvalue weighted by molar-refractivity contribution is 0.623. The minimum absolute atomic E-state index is 0.267. The molecule has 1 nitrogen and oxygen atoms in total. The third kappa shape index (κ3) is 1.89. The molecule has 0 saturated heterocycles. The van der Waals surface area contributed by atoms with Gasteiger partial charge in [0.05, 0.1) is 0 Å². The van der Waals surface area contributed by atoms with E-state index in [9.17, 15) is 0 Å². The van der Waals surface area contributed by atoms with Crippen LogP contribution in [0.3, 0.4) is 0 Å². The average Bonchev–Trinajstić information content (AvgIpc) is 3.00. The van der Waals surface area contributed by atoms with Crippen molar-refractivity contribution in [1.82, 2.24) is 0 Å². The van der Waals surface area contributed by atoms with Gasteiger partial charge < -0.3 is 5.73 Å². The first kappa shape index (κ1) is 9.10. The zero-order chi connectivity index (χ0) is 9.26. The van der Waals surface area contributed by atoms with Crippen LogP contribution in [0.2, 0.25) is 0 Å². The first-order valence-electron chi connectivity index (χ1n) is 4.71. The molecule has 0 radical (unpaired) electrons.